The molecule has 0 aromatic rings. The first-order valence-corrected chi connectivity index (χ1v) is 21.1. The first-order chi connectivity index (χ1) is 25.9. The van der Waals surface area contributed by atoms with E-state index >= 15 is 0 Å². The van der Waals surface area contributed by atoms with Crippen molar-refractivity contribution in [3.05, 3.63) is 0 Å². The van der Waals surface area contributed by atoms with Crippen LogP contribution in [0.25, 0.3) is 0 Å². The molecule has 0 radical (unpaired) electrons. The molecule has 5 saturated carbocycles. The number of carbonyl (C=O) groups is 2. The minimum atomic E-state index is -1.89. The lowest BCUT2D eigenvalue weighted by Gasteiger charge is -2.73. The van der Waals surface area contributed by atoms with Crippen molar-refractivity contribution in [1.82, 2.24) is 0 Å². The number of aliphatic hydroxyl groups excluding tert-OH is 5. The smallest absolute Gasteiger partial charge is 0.335 e. The fourth-order valence-electron chi connectivity index (χ4n) is 15.1. The monoisotopic (exact) mass is 794 g/mol. The van der Waals surface area contributed by atoms with Gasteiger partial charge in [-0.05, 0) is 117 Å². The molecule has 8 aliphatic rings. The predicted octanol–water partition coefficient (Wildman–Crippen LogP) is 2.50. The van der Waals surface area contributed by atoms with Gasteiger partial charge in [-0.2, -0.15) is 0 Å². The summed E-state index contributed by atoms with van der Waals surface area (Å²) in [5, 5.41) is 74.9. The van der Waals surface area contributed by atoms with Crippen LogP contribution in [0.5, 0.6) is 0 Å². The quantitative estimate of drug-likeness (QED) is 0.152. The van der Waals surface area contributed by atoms with Crippen molar-refractivity contribution >= 4 is 11.9 Å². The van der Waals surface area contributed by atoms with Gasteiger partial charge in [0.2, 0.25) is 0 Å². The number of fused-ring (bicyclic) bond motifs is 7. The number of esters is 1. The number of aliphatic carboxylic acids is 1. The first-order valence-electron chi connectivity index (χ1n) is 21.1. The Morgan fingerprint density at radius 2 is 1.46 bits per heavy atom. The maximum Gasteiger partial charge on any atom is 0.335 e. The van der Waals surface area contributed by atoms with Gasteiger partial charge in [-0.15, -0.1) is 0 Å². The second-order valence-electron chi connectivity index (χ2n) is 21.2. The zero-order valence-corrected chi connectivity index (χ0v) is 34.2. The lowest BCUT2D eigenvalue weighted by molar-refractivity contribution is -0.372. The van der Waals surface area contributed by atoms with Crippen LogP contribution < -0.4 is 0 Å². The number of hydrogen-bond acceptors (Lipinski definition) is 13. The van der Waals surface area contributed by atoms with Gasteiger partial charge < -0.3 is 59.4 Å². The molecule has 3 aliphatic heterocycles. The molecule has 8 fully saturated rings. The number of aliphatic hydroxyl groups is 6. The summed E-state index contributed by atoms with van der Waals surface area (Å²) in [5.74, 6) is -0.659. The highest BCUT2D eigenvalue weighted by Gasteiger charge is 2.77. The molecule has 0 amide bonds. The molecule has 0 aromatic heterocycles. The third-order valence-electron chi connectivity index (χ3n) is 18.1. The lowest BCUT2D eigenvalue weighted by Crippen LogP contribution is -2.68. The fraction of sp³-hybridized carbons (Fsp3) is 0.952. The number of ether oxygens (including phenoxy) is 5. The van der Waals surface area contributed by atoms with Crippen molar-refractivity contribution in [2.24, 2.45) is 56.7 Å². The Balaban J connectivity index is 1.05. The van der Waals surface area contributed by atoms with E-state index in [1.807, 2.05) is 13.8 Å². The lowest BCUT2D eigenvalue weighted by atomic mass is 9.32. The number of carboxylic acids is 1. The van der Waals surface area contributed by atoms with Crippen LogP contribution in [0, 0.1) is 56.7 Å². The van der Waals surface area contributed by atoms with Crippen LogP contribution in [0.2, 0.25) is 0 Å². The van der Waals surface area contributed by atoms with Crippen molar-refractivity contribution in [1.29, 1.82) is 0 Å². The molecular weight excluding hydrogens is 728 g/mol. The second-order valence-corrected chi connectivity index (χ2v) is 21.2. The highest BCUT2D eigenvalue weighted by atomic mass is 16.8. The molecule has 14 nitrogen and oxygen atoms in total. The summed E-state index contributed by atoms with van der Waals surface area (Å²) in [4.78, 5) is 25.7. The van der Waals surface area contributed by atoms with E-state index in [2.05, 4.69) is 34.6 Å². The van der Waals surface area contributed by atoms with E-state index in [1.165, 1.54) is 6.92 Å². The topological polar surface area (TPSA) is 222 Å². The Labute approximate surface area is 329 Å². The maximum atomic E-state index is 13.5. The van der Waals surface area contributed by atoms with Crippen molar-refractivity contribution in [2.75, 3.05) is 0 Å². The van der Waals surface area contributed by atoms with Crippen LogP contribution in [0.1, 0.15) is 113 Å². The van der Waals surface area contributed by atoms with Gasteiger partial charge in [0.1, 0.15) is 42.7 Å². The Hall–Kier alpha value is -1.46. The van der Waals surface area contributed by atoms with E-state index in [4.69, 9.17) is 23.7 Å². The Morgan fingerprint density at radius 1 is 0.768 bits per heavy atom. The Morgan fingerprint density at radius 3 is 2.12 bits per heavy atom. The van der Waals surface area contributed by atoms with Gasteiger partial charge in [-0.1, -0.05) is 34.6 Å². The normalized spacial score (nSPS) is 56.3. The van der Waals surface area contributed by atoms with Gasteiger partial charge in [-0.3, -0.25) is 4.79 Å². The van der Waals surface area contributed by atoms with Crippen molar-refractivity contribution in [2.45, 2.75) is 192 Å². The van der Waals surface area contributed by atoms with Gasteiger partial charge in [0.05, 0.1) is 23.2 Å². The van der Waals surface area contributed by atoms with Gasteiger partial charge in [0.15, 0.2) is 18.7 Å². The van der Waals surface area contributed by atoms with E-state index in [9.17, 15) is 45.3 Å². The third-order valence-corrected chi connectivity index (χ3v) is 18.1. The summed E-state index contributed by atoms with van der Waals surface area (Å²) in [5.41, 5.74) is -2.05. The molecule has 8 rings (SSSR count). The highest BCUT2D eigenvalue weighted by Crippen LogP contribution is 2.79. The van der Waals surface area contributed by atoms with Crippen LogP contribution in [0.3, 0.4) is 0 Å². The fourth-order valence-corrected chi connectivity index (χ4v) is 15.1. The van der Waals surface area contributed by atoms with Crippen LogP contribution in [-0.2, 0) is 33.3 Å². The molecule has 0 aromatic carbocycles. The van der Waals surface area contributed by atoms with Gasteiger partial charge in [0.25, 0.3) is 0 Å². The zero-order valence-electron chi connectivity index (χ0n) is 34.2. The zero-order chi connectivity index (χ0) is 40.9. The molecule has 3 heterocycles. The van der Waals surface area contributed by atoms with Gasteiger partial charge in [0, 0.05) is 12.3 Å². The third kappa shape index (κ3) is 5.55. The summed E-state index contributed by atoms with van der Waals surface area (Å²) in [7, 11) is 0. The van der Waals surface area contributed by atoms with E-state index in [1.54, 1.807) is 0 Å². The molecule has 56 heavy (non-hydrogen) atoms. The van der Waals surface area contributed by atoms with Crippen molar-refractivity contribution in [3.8, 4) is 0 Å². The average molecular weight is 795 g/mol. The maximum absolute atomic E-state index is 13.5. The standard InChI is InChI=1S/C42H66O14/c1-18-26(43)27(44)30(47)34(52-18)56-32-29(46)28(45)31(33(48)49)55-35(32)54-23-12-13-39(6)21(37(23,2)3)11-14-41(8)22(39)10-9-19-24-25(38(4,5)51)20-17-42(24,36(50)53-20)16-15-40(19,41)7/h18-32,34-35,43-47,51H,9-17H2,1-8H3,(H,48,49)/t18-,19+,20-,21-,22+,23-,24-,25+,26-,27+,28-,29-,30+,31-,32+,34-,35+,39-,40+,41+,42+/m0/s1. The average Bonchev–Trinajstić information content (AvgIpc) is 3.62. The Bertz CT molecular complexity index is 1570. The summed E-state index contributed by atoms with van der Waals surface area (Å²) in [6.07, 6.45) is -8.58. The molecule has 14 heteroatoms. The van der Waals surface area contributed by atoms with E-state index in [0.717, 1.165) is 44.9 Å². The van der Waals surface area contributed by atoms with E-state index in [-0.39, 0.29) is 46.1 Å². The summed E-state index contributed by atoms with van der Waals surface area (Å²) in [6, 6.07) is 0. The van der Waals surface area contributed by atoms with Crippen LogP contribution in [-0.4, -0.2) is 127 Å². The first kappa shape index (κ1) is 41.3. The molecule has 21 atom stereocenters. The summed E-state index contributed by atoms with van der Waals surface area (Å²) in [6.45, 7) is 17.0. The van der Waals surface area contributed by atoms with Crippen LogP contribution in [0.4, 0.5) is 0 Å². The van der Waals surface area contributed by atoms with Crippen LogP contribution >= 0.6 is 0 Å². The molecule has 2 bridgehead atoms. The molecule has 3 saturated heterocycles. The van der Waals surface area contributed by atoms with Crippen molar-refractivity contribution < 1.29 is 69.0 Å². The number of hydrogen-bond donors (Lipinski definition) is 7. The second kappa shape index (κ2) is 13.3. The summed E-state index contributed by atoms with van der Waals surface area (Å²) >= 11 is 0. The molecular formula is C42H66O14. The minimum absolute atomic E-state index is 0.0150. The SMILES string of the molecule is C[C@@H]1O[C@@H](O[C@H]2[C@H](O[C@H]3CC[C@]4(C)[C@H]5CC[C@@H]6[C@H]7[C@H](C(C)(C)O)[C@@H]8C[C@@]7(CC[C@@]6(C)[C@]5(C)CC[C@H]4C3(C)C)C(=O)O8)O[C@H](C(=O)O)[C@@H](O)[C@@H]2O)[C@H](O)[C@H](O)[C@H]1O. The molecule has 318 valence electrons. The van der Waals surface area contributed by atoms with E-state index in [0.29, 0.717) is 24.7 Å². The number of rotatable bonds is 6. The Kier molecular flexibility index (Phi) is 9.78. The van der Waals surface area contributed by atoms with E-state index < -0.39 is 89.9 Å². The molecule has 7 N–H and O–H groups in total. The predicted molar refractivity (Wildman–Crippen MR) is 196 cm³/mol. The van der Waals surface area contributed by atoms with Crippen LogP contribution in [0.15, 0.2) is 0 Å². The largest absolute Gasteiger partial charge is 0.479 e. The number of carbonyl (C=O) groups excluding carboxylic acids is 1. The summed E-state index contributed by atoms with van der Waals surface area (Å²) < 4.78 is 30.1. The number of carboxylic acid groups (broad SMARTS) is 1. The minimum Gasteiger partial charge on any atom is -0.479 e. The van der Waals surface area contributed by atoms with Gasteiger partial charge in [-0.25, -0.2) is 4.79 Å². The van der Waals surface area contributed by atoms with Gasteiger partial charge >= 0.3 is 11.9 Å². The highest BCUT2D eigenvalue weighted by molar-refractivity contribution is 5.81. The van der Waals surface area contributed by atoms with Crippen molar-refractivity contribution in [3.63, 3.8) is 0 Å². The molecule has 5 aliphatic carbocycles. The molecule has 1 spiro atoms. The molecule has 0 unspecified atom stereocenters.